The number of nitrogens with two attached hydrogens (primary N) is 1. The van der Waals surface area contributed by atoms with Gasteiger partial charge in [0.1, 0.15) is 6.61 Å². The highest BCUT2D eigenvalue weighted by molar-refractivity contribution is 7.09. The normalized spacial score (nSPS) is 10.2. The van der Waals surface area contributed by atoms with Crippen molar-refractivity contribution in [2.45, 2.75) is 13.2 Å². The van der Waals surface area contributed by atoms with Crippen molar-refractivity contribution >= 4 is 17.3 Å². The van der Waals surface area contributed by atoms with Gasteiger partial charge in [0.2, 0.25) is 0 Å². The molecule has 88 valence electrons. The van der Waals surface area contributed by atoms with E-state index in [1.807, 2.05) is 29.6 Å². The maximum atomic E-state index is 11.7. The van der Waals surface area contributed by atoms with E-state index in [0.29, 0.717) is 18.7 Å². The lowest BCUT2D eigenvalue weighted by molar-refractivity contribution is 0.0476. The summed E-state index contributed by atoms with van der Waals surface area (Å²) < 4.78 is 5.20. The Morgan fingerprint density at radius 1 is 1.29 bits per heavy atom. The predicted octanol–water partition coefficient (Wildman–Crippen LogP) is 2.56. The molecular formula is C13H13NO2S. The van der Waals surface area contributed by atoms with Gasteiger partial charge in [0, 0.05) is 11.4 Å². The summed E-state index contributed by atoms with van der Waals surface area (Å²) in [6.07, 6.45) is 0. The van der Waals surface area contributed by atoms with Crippen molar-refractivity contribution in [1.82, 2.24) is 0 Å². The minimum absolute atomic E-state index is 0.311. The second-order valence-electron chi connectivity index (χ2n) is 3.56. The number of carbonyl (C=O) groups is 1. The third-order valence-electron chi connectivity index (χ3n) is 2.32. The molecule has 1 aromatic carbocycles. The van der Waals surface area contributed by atoms with Crippen molar-refractivity contribution < 1.29 is 9.53 Å². The number of ether oxygens (including phenoxy) is 1. The summed E-state index contributed by atoms with van der Waals surface area (Å²) in [7, 11) is 0. The van der Waals surface area contributed by atoms with Crippen molar-refractivity contribution in [3.8, 4) is 0 Å². The van der Waals surface area contributed by atoms with Crippen LogP contribution in [0.3, 0.4) is 0 Å². The topological polar surface area (TPSA) is 52.3 Å². The third-order valence-corrected chi connectivity index (χ3v) is 3.17. The predicted molar refractivity (Wildman–Crippen MR) is 67.8 cm³/mol. The number of carbonyl (C=O) groups excluding carboxylic acids is 1. The number of esters is 1. The van der Waals surface area contributed by atoms with Crippen LogP contribution in [0.25, 0.3) is 0 Å². The van der Waals surface area contributed by atoms with E-state index >= 15 is 0 Å². The highest BCUT2D eigenvalue weighted by atomic mass is 32.1. The van der Waals surface area contributed by atoms with Gasteiger partial charge in [-0.25, -0.2) is 4.79 Å². The first-order valence-corrected chi connectivity index (χ1v) is 6.16. The van der Waals surface area contributed by atoms with Crippen LogP contribution < -0.4 is 5.73 Å². The molecule has 0 aliphatic rings. The van der Waals surface area contributed by atoms with Gasteiger partial charge in [0.05, 0.1) is 5.56 Å². The van der Waals surface area contributed by atoms with E-state index in [0.717, 1.165) is 10.4 Å². The van der Waals surface area contributed by atoms with Gasteiger partial charge >= 0.3 is 5.97 Å². The number of hydrogen-bond donors (Lipinski definition) is 1. The Morgan fingerprint density at radius 3 is 2.88 bits per heavy atom. The first-order chi connectivity index (χ1) is 8.29. The van der Waals surface area contributed by atoms with Gasteiger partial charge in [-0.3, -0.25) is 0 Å². The van der Waals surface area contributed by atoms with Crippen molar-refractivity contribution in [2.24, 2.45) is 5.73 Å². The molecule has 1 heterocycles. The van der Waals surface area contributed by atoms with Crippen LogP contribution in [0, 0.1) is 0 Å². The number of hydrogen-bond acceptors (Lipinski definition) is 4. The van der Waals surface area contributed by atoms with E-state index in [1.54, 1.807) is 23.5 Å². The van der Waals surface area contributed by atoms with Gasteiger partial charge in [0.15, 0.2) is 0 Å². The fourth-order valence-electron chi connectivity index (χ4n) is 1.44. The number of thiophene rings is 1. The smallest absolute Gasteiger partial charge is 0.338 e. The summed E-state index contributed by atoms with van der Waals surface area (Å²) in [5, 5.41) is 1.96. The molecule has 2 aromatic rings. The van der Waals surface area contributed by atoms with Gasteiger partial charge in [-0.05, 0) is 29.1 Å². The molecule has 0 saturated carbocycles. The zero-order chi connectivity index (χ0) is 12.1. The van der Waals surface area contributed by atoms with Gasteiger partial charge < -0.3 is 10.5 Å². The fourth-order valence-corrected chi connectivity index (χ4v) is 2.06. The number of rotatable bonds is 4. The largest absolute Gasteiger partial charge is 0.456 e. The molecular weight excluding hydrogens is 234 g/mol. The molecule has 2 N–H and O–H groups in total. The van der Waals surface area contributed by atoms with Crippen LogP contribution in [0.5, 0.6) is 0 Å². The Bertz CT molecular complexity index is 494. The summed E-state index contributed by atoms with van der Waals surface area (Å²) in [6.45, 7) is 0.745. The second kappa shape index (κ2) is 5.61. The van der Waals surface area contributed by atoms with Crippen LogP contribution in [-0.4, -0.2) is 5.97 Å². The maximum absolute atomic E-state index is 11.7. The fraction of sp³-hybridized carbons (Fsp3) is 0.154. The van der Waals surface area contributed by atoms with E-state index in [4.69, 9.17) is 10.5 Å². The molecule has 0 unspecified atom stereocenters. The lowest BCUT2D eigenvalue weighted by atomic mass is 10.1. The molecule has 1 aromatic heterocycles. The molecule has 0 radical (unpaired) electrons. The molecule has 0 aliphatic carbocycles. The Labute approximate surface area is 104 Å². The Hall–Kier alpha value is -1.65. The van der Waals surface area contributed by atoms with Crippen molar-refractivity contribution in [1.29, 1.82) is 0 Å². The standard InChI is InChI=1S/C13H13NO2S/c14-8-10-3-1-4-11(7-10)13(15)16-9-12-5-2-6-17-12/h1-7H,8-9,14H2. The molecule has 0 amide bonds. The van der Waals surface area contributed by atoms with Crippen LogP contribution in [0.1, 0.15) is 20.8 Å². The van der Waals surface area contributed by atoms with Gasteiger partial charge in [-0.15, -0.1) is 11.3 Å². The Balaban J connectivity index is 1.99. The molecule has 17 heavy (non-hydrogen) atoms. The quantitative estimate of drug-likeness (QED) is 0.845. The van der Waals surface area contributed by atoms with E-state index in [1.165, 1.54) is 0 Å². The second-order valence-corrected chi connectivity index (χ2v) is 4.59. The summed E-state index contributed by atoms with van der Waals surface area (Å²) >= 11 is 1.57. The Kier molecular flexibility index (Phi) is 3.90. The molecule has 0 spiro atoms. The average Bonchev–Trinajstić information content (AvgIpc) is 2.89. The van der Waals surface area contributed by atoms with Crippen LogP contribution in [0.4, 0.5) is 0 Å². The maximum Gasteiger partial charge on any atom is 0.338 e. The highest BCUT2D eigenvalue weighted by Crippen LogP contribution is 2.12. The SMILES string of the molecule is NCc1cccc(C(=O)OCc2cccs2)c1. The molecule has 3 nitrogen and oxygen atoms in total. The van der Waals surface area contributed by atoms with Crippen molar-refractivity contribution in [2.75, 3.05) is 0 Å². The molecule has 0 bridgehead atoms. The Morgan fingerprint density at radius 2 is 2.18 bits per heavy atom. The lowest BCUT2D eigenvalue weighted by Crippen LogP contribution is -2.06. The minimum Gasteiger partial charge on any atom is -0.456 e. The summed E-state index contributed by atoms with van der Waals surface area (Å²) in [6, 6.07) is 11.1. The van der Waals surface area contributed by atoms with Crippen LogP contribution in [-0.2, 0) is 17.9 Å². The zero-order valence-electron chi connectivity index (χ0n) is 9.26. The van der Waals surface area contributed by atoms with Crippen molar-refractivity contribution in [3.05, 3.63) is 57.8 Å². The van der Waals surface area contributed by atoms with E-state index < -0.39 is 0 Å². The average molecular weight is 247 g/mol. The van der Waals surface area contributed by atoms with Gasteiger partial charge in [-0.2, -0.15) is 0 Å². The first kappa shape index (κ1) is 11.8. The molecule has 0 saturated heterocycles. The third kappa shape index (κ3) is 3.15. The number of benzene rings is 1. The van der Waals surface area contributed by atoms with E-state index in [2.05, 4.69) is 0 Å². The highest BCUT2D eigenvalue weighted by Gasteiger charge is 2.07. The molecule has 4 heteroatoms. The summed E-state index contributed by atoms with van der Waals surface area (Å²) in [5.74, 6) is -0.311. The summed E-state index contributed by atoms with van der Waals surface area (Å²) in [5.41, 5.74) is 6.99. The molecule has 0 fully saturated rings. The van der Waals surface area contributed by atoms with Crippen LogP contribution >= 0.6 is 11.3 Å². The van der Waals surface area contributed by atoms with Gasteiger partial charge in [-0.1, -0.05) is 18.2 Å². The first-order valence-electron chi connectivity index (χ1n) is 5.28. The molecule has 2 rings (SSSR count). The molecule has 0 aliphatic heterocycles. The van der Waals surface area contributed by atoms with Gasteiger partial charge in [0.25, 0.3) is 0 Å². The van der Waals surface area contributed by atoms with Crippen LogP contribution in [0.15, 0.2) is 41.8 Å². The van der Waals surface area contributed by atoms with Crippen LogP contribution in [0.2, 0.25) is 0 Å². The zero-order valence-corrected chi connectivity index (χ0v) is 10.1. The summed E-state index contributed by atoms with van der Waals surface area (Å²) in [4.78, 5) is 12.8. The van der Waals surface area contributed by atoms with E-state index in [9.17, 15) is 4.79 Å². The van der Waals surface area contributed by atoms with E-state index in [-0.39, 0.29) is 5.97 Å². The minimum atomic E-state index is -0.311. The van der Waals surface area contributed by atoms with Crippen molar-refractivity contribution in [3.63, 3.8) is 0 Å². The molecule has 0 atom stereocenters. The lowest BCUT2D eigenvalue weighted by Gasteiger charge is -2.04. The monoisotopic (exact) mass is 247 g/mol.